The van der Waals surface area contributed by atoms with Gasteiger partial charge in [-0.1, -0.05) is 48.5 Å². The Bertz CT molecular complexity index is 892. The SMILES string of the molecule is NC(=O)C1CC(C(=O)N2CCN(Cc3ccccc3)CC2)=NN1c1ccccc1. The number of nitrogens with zero attached hydrogens (tertiary/aromatic N) is 4. The molecule has 7 heteroatoms. The van der Waals surface area contributed by atoms with E-state index in [2.05, 4.69) is 22.1 Å². The number of carbonyl (C=O) groups is 2. The number of benzene rings is 2. The predicted molar refractivity (Wildman–Crippen MR) is 112 cm³/mol. The van der Waals surface area contributed by atoms with Gasteiger partial charge in [0.15, 0.2) is 0 Å². The van der Waals surface area contributed by atoms with Gasteiger partial charge in [0.25, 0.3) is 5.91 Å². The standard InChI is InChI=1S/C22H25N5O2/c23-21(28)20-15-19(24-27(20)18-9-5-2-6-10-18)22(29)26-13-11-25(12-14-26)16-17-7-3-1-4-8-17/h1-10,20H,11-16H2,(H2,23,28). The second kappa shape index (κ2) is 8.45. The van der Waals surface area contributed by atoms with Crippen LogP contribution >= 0.6 is 0 Å². The molecule has 29 heavy (non-hydrogen) atoms. The van der Waals surface area contributed by atoms with Crippen LogP contribution < -0.4 is 10.7 Å². The van der Waals surface area contributed by atoms with Crippen LogP contribution in [0.1, 0.15) is 12.0 Å². The minimum Gasteiger partial charge on any atom is -0.368 e. The maximum atomic E-state index is 13.0. The Kier molecular flexibility index (Phi) is 5.57. The van der Waals surface area contributed by atoms with Crippen LogP contribution in [-0.2, 0) is 16.1 Å². The van der Waals surface area contributed by atoms with Crippen molar-refractivity contribution in [1.82, 2.24) is 9.80 Å². The molecule has 0 aromatic heterocycles. The summed E-state index contributed by atoms with van der Waals surface area (Å²) in [5.74, 6) is -0.581. The van der Waals surface area contributed by atoms with Gasteiger partial charge in [-0.15, -0.1) is 0 Å². The molecule has 0 spiro atoms. The van der Waals surface area contributed by atoms with Crippen molar-refractivity contribution in [3.05, 3.63) is 66.2 Å². The molecule has 2 aliphatic rings. The molecule has 0 saturated carbocycles. The van der Waals surface area contributed by atoms with Crippen molar-refractivity contribution >= 4 is 23.2 Å². The highest BCUT2D eigenvalue weighted by Gasteiger charge is 2.37. The van der Waals surface area contributed by atoms with Gasteiger partial charge in [0.1, 0.15) is 11.8 Å². The zero-order chi connectivity index (χ0) is 20.2. The monoisotopic (exact) mass is 391 g/mol. The summed E-state index contributed by atoms with van der Waals surface area (Å²) in [6, 6.07) is 19.1. The van der Waals surface area contributed by atoms with Gasteiger partial charge in [-0.3, -0.25) is 19.5 Å². The Balaban J connectivity index is 1.40. The van der Waals surface area contributed by atoms with Crippen LogP contribution in [0.5, 0.6) is 0 Å². The van der Waals surface area contributed by atoms with E-state index in [-0.39, 0.29) is 12.3 Å². The molecule has 7 nitrogen and oxygen atoms in total. The van der Waals surface area contributed by atoms with Crippen molar-refractivity contribution < 1.29 is 9.59 Å². The fourth-order valence-electron chi connectivity index (χ4n) is 3.81. The summed E-state index contributed by atoms with van der Waals surface area (Å²) in [4.78, 5) is 29.1. The summed E-state index contributed by atoms with van der Waals surface area (Å²) < 4.78 is 0. The molecule has 1 fully saturated rings. The van der Waals surface area contributed by atoms with Gasteiger partial charge in [-0.2, -0.15) is 5.10 Å². The van der Waals surface area contributed by atoms with Crippen LogP contribution in [0.2, 0.25) is 0 Å². The van der Waals surface area contributed by atoms with Gasteiger partial charge in [-0.05, 0) is 17.7 Å². The number of hydrazone groups is 1. The van der Waals surface area contributed by atoms with Gasteiger partial charge in [-0.25, -0.2) is 0 Å². The molecule has 2 aromatic carbocycles. The second-order valence-electron chi connectivity index (χ2n) is 7.40. The third kappa shape index (κ3) is 4.30. The fourth-order valence-corrected chi connectivity index (χ4v) is 3.81. The molecular weight excluding hydrogens is 366 g/mol. The molecule has 0 aliphatic carbocycles. The van der Waals surface area contributed by atoms with E-state index in [4.69, 9.17) is 5.73 Å². The first-order chi connectivity index (χ1) is 14.1. The number of nitrogens with two attached hydrogens (primary N) is 1. The molecule has 1 atom stereocenters. The molecular formula is C22H25N5O2. The van der Waals surface area contributed by atoms with Crippen molar-refractivity contribution in [1.29, 1.82) is 0 Å². The van der Waals surface area contributed by atoms with Crippen molar-refractivity contribution in [2.75, 3.05) is 31.2 Å². The third-order valence-electron chi connectivity index (χ3n) is 5.41. The number of piperazine rings is 1. The van der Waals surface area contributed by atoms with E-state index in [1.165, 1.54) is 5.56 Å². The number of hydrogen-bond donors (Lipinski definition) is 1. The Morgan fingerprint density at radius 3 is 2.17 bits per heavy atom. The van der Waals surface area contributed by atoms with Crippen molar-refractivity contribution in [2.24, 2.45) is 10.8 Å². The lowest BCUT2D eigenvalue weighted by molar-refractivity contribution is -0.125. The van der Waals surface area contributed by atoms with Crippen molar-refractivity contribution in [3.63, 3.8) is 0 Å². The lowest BCUT2D eigenvalue weighted by Gasteiger charge is -2.34. The molecule has 1 unspecified atom stereocenters. The highest BCUT2D eigenvalue weighted by molar-refractivity contribution is 6.40. The van der Waals surface area contributed by atoms with Gasteiger partial charge in [0.2, 0.25) is 5.91 Å². The molecule has 0 bridgehead atoms. The van der Waals surface area contributed by atoms with Gasteiger partial charge in [0.05, 0.1) is 5.69 Å². The van der Waals surface area contributed by atoms with Crippen LogP contribution in [-0.4, -0.2) is 59.5 Å². The third-order valence-corrected chi connectivity index (χ3v) is 5.41. The van der Waals surface area contributed by atoms with Crippen LogP contribution in [0.4, 0.5) is 5.69 Å². The highest BCUT2D eigenvalue weighted by atomic mass is 16.2. The maximum absolute atomic E-state index is 13.0. The largest absolute Gasteiger partial charge is 0.368 e. The van der Waals surface area contributed by atoms with Crippen LogP contribution in [0.15, 0.2) is 65.8 Å². The number of rotatable bonds is 5. The lowest BCUT2D eigenvalue weighted by Crippen LogP contribution is -2.50. The normalized spacial score (nSPS) is 19.9. The van der Waals surface area contributed by atoms with E-state index in [9.17, 15) is 9.59 Å². The van der Waals surface area contributed by atoms with E-state index < -0.39 is 11.9 Å². The molecule has 2 N–H and O–H groups in total. The molecule has 0 radical (unpaired) electrons. The molecule has 4 rings (SSSR count). The van der Waals surface area contributed by atoms with E-state index in [1.54, 1.807) is 5.01 Å². The smallest absolute Gasteiger partial charge is 0.270 e. The fraction of sp³-hybridized carbons (Fsp3) is 0.318. The lowest BCUT2D eigenvalue weighted by atomic mass is 10.1. The zero-order valence-corrected chi connectivity index (χ0v) is 16.3. The minimum atomic E-state index is -0.629. The Morgan fingerprint density at radius 2 is 1.55 bits per heavy atom. The molecule has 150 valence electrons. The van der Waals surface area contributed by atoms with Crippen molar-refractivity contribution in [2.45, 2.75) is 19.0 Å². The van der Waals surface area contributed by atoms with Gasteiger partial charge in [0, 0.05) is 39.1 Å². The van der Waals surface area contributed by atoms with E-state index >= 15 is 0 Å². The van der Waals surface area contributed by atoms with Crippen LogP contribution in [0.25, 0.3) is 0 Å². The summed E-state index contributed by atoms with van der Waals surface area (Å²) in [7, 11) is 0. The predicted octanol–water partition coefficient (Wildman–Crippen LogP) is 1.45. The molecule has 2 aliphatic heterocycles. The molecule has 2 aromatic rings. The Labute approximate surface area is 170 Å². The average Bonchev–Trinajstić information content (AvgIpc) is 3.21. The average molecular weight is 391 g/mol. The van der Waals surface area contributed by atoms with Gasteiger partial charge < -0.3 is 10.6 Å². The van der Waals surface area contributed by atoms with E-state index in [1.807, 2.05) is 53.4 Å². The van der Waals surface area contributed by atoms with Gasteiger partial charge >= 0.3 is 0 Å². The first-order valence-electron chi connectivity index (χ1n) is 9.88. The second-order valence-corrected chi connectivity index (χ2v) is 7.40. The first-order valence-corrected chi connectivity index (χ1v) is 9.88. The quantitative estimate of drug-likeness (QED) is 0.836. The van der Waals surface area contributed by atoms with Crippen LogP contribution in [0.3, 0.4) is 0 Å². The highest BCUT2D eigenvalue weighted by Crippen LogP contribution is 2.25. The summed E-state index contributed by atoms with van der Waals surface area (Å²) >= 11 is 0. The van der Waals surface area contributed by atoms with Crippen molar-refractivity contribution in [3.8, 4) is 0 Å². The molecule has 1 saturated heterocycles. The van der Waals surface area contributed by atoms with E-state index in [0.717, 1.165) is 25.3 Å². The first kappa shape index (κ1) is 19.1. The van der Waals surface area contributed by atoms with Crippen LogP contribution in [0, 0.1) is 0 Å². The zero-order valence-electron chi connectivity index (χ0n) is 16.3. The summed E-state index contributed by atoms with van der Waals surface area (Å²) in [6.45, 7) is 3.81. The number of amides is 2. The summed E-state index contributed by atoms with van der Waals surface area (Å²) in [5.41, 5.74) is 8.00. The topological polar surface area (TPSA) is 82.2 Å². The Hall–Kier alpha value is -3.19. The summed E-state index contributed by atoms with van der Waals surface area (Å²) in [6.07, 6.45) is 0.243. The van der Waals surface area contributed by atoms with E-state index in [0.29, 0.717) is 18.8 Å². The number of para-hydroxylation sites is 1. The number of anilines is 1. The minimum absolute atomic E-state index is 0.103. The maximum Gasteiger partial charge on any atom is 0.270 e. The number of hydrogen-bond acceptors (Lipinski definition) is 5. The number of primary amides is 1. The summed E-state index contributed by atoms with van der Waals surface area (Å²) in [5, 5.41) is 6.04. The molecule has 2 heterocycles. The molecule has 2 amide bonds. The Morgan fingerprint density at radius 1 is 0.931 bits per heavy atom. The number of carbonyl (C=O) groups excluding carboxylic acids is 2.